The number of thiophene rings is 1. The predicted molar refractivity (Wildman–Crippen MR) is 79.3 cm³/mol. The monoisotopic (exact) mass is 364 g/mol. The van der Waals surface area contributed by atoms with Crippen molar-refractivity contribution in [3.8, 4) is 0 Å². The van der Waals surface area contributed by atoms with E-state index in [9.17, 15) is 4.79 Å². The van der Waals surface area contributed by atoms with Crippen LogP contribution >= 0.6 is 33.9 Å². The van der Waals surface area contributed by atoms with Crippen molar-refractivity contribution in [2.45, 2.75) is 25.8 Å². The highest BCUT2D eigenvalue weighted by molar-refractivity contribution is 14.1. The molecule has 1 saturated heterocycles. The van der Waals surface area contributed by atoms with Gasteiger partial charge in [-0.25, -0.2) is 0 Å². The van der Waals surface area contributed by atoms with Crippen LogP contribution in [-0.2, 0) is 0 Å². The molecule has 2 unspecified atom stereocenters. The zero-order valence-electron chi connectivity index (χ0n) is 9.86. The quantitative estimate of drug-likeness (QED) is 0.820. The van der Waals surface area contributed by atoms with Crippen molar-refractivity contribution >= 4 is 39.8 Å². The fourth-order valence-electron chi connectivity index (χ4n) is 2.27. The first-order chi connectivity index (χ1) is 8.11. The first kappa shape index (κ1) is 13.3. The van der Waals surface area contributed by atoms with E-state index in [0.29, 0.717) is 5.92 Å². The van der Waals surface area contributed by atoms with E-state index in [1.165, 1.54) is 0 Å². The number of amides is 1. The lowest BCUT2D eigenvalue weighted by Gasteiger charge is -2.36. The third-order valence-electron chi connectivity index (χ3n) is 3.42. The molecule has 1 amide bonds. The summed E-state index contributed by atoms with van der Waals surface area (Å²) in [5.41, 5.74) is 6.88. The molecule has 1 aliphatic heterocycles. The number of carbonyl (C=O) groups excluding carboxylic acids is 1. The van der Waals surface area contributed by atoms with Gasteiger partial charge in [0.25, 0.3) is 5.91 Å². The van der Waals surface area contributed by atoms with E-state index in [0.717, 1.165) is 34.4 Å². The Labute approximate surface area is 120 Å². The van der Waals surface area contributed by atoms with Crippen molar-refractivity contribution in [1.29, 1.82) is 0 Å². The Morgan fingerprint density at radius 2 is 2.47 bits per heavy atom. The Kier molecular flexibility index (Phi) is 4.43. The average Bonchev–Trinajstić information content (AvgIpc) is 2.75. The minimum absolute atomic E-state index is 0.162. The Bertz CT molecular complexity index is 407. The first-order valence-corrected chi connectivity index (χ1v) is 7.86. The molecule has 3 nitrogen and oxygen atoms in total. The largest absolute Gasteiger partial charge is 0.338 e. The molecule has 0 spiro atoms. The van der Waals surface area contributed by atoms with Gasteiger partial charge in [0.1, 0.15) is 0 Å². The maximum Gasteiger partial charge on any atom is 0.254 e. The number of nitrogens with zero attached hydrogens (tertiary/aromatic N) is 1. The summed E-state index contributed by atoms with van der Waals surface area (Å²) in [5.74, 6) is 0.611. The van der Waals surface area contributed by atoms with Gasteiger partial charge in [0.15, 0.2) is 0 Å². The van der Waals surface area contributed by atoms with Gasteiger partial charge in [-0.1, -0.05) is 13.3 Å². The van der Waals surface area contributed by atoms with E-state index < -0.39 is 0 Å². The molecule has 1 fully saturated rings. The lowest BCUT2D eigenvalue weighted by atomic mass is 9.90. The smallest absolute Gasteiger partial charge is 0.254 e. The van der Waals surface area contributed by atoms with E-state index in [2.05, 4.69) is 29.5 Å². The second-order valence-corrected chi connectivity index (χ2v) is 7.32. The van der Waals surface area contributed by atoms with Gasteiger partial charge in [0.05, 0.1) is 8.45 Å². The van der Waals surface area contributed by atoms with Gasteiger partial charge in [-0.3, -0.25) is 4.79 Å². The van der Waals surface area contributed by atoms with Crippen molar-refractivity contribution < 1.29 is 4.79 Å². The highest BCUT2D eigenvalue weighted by atomic mass is 127. The topological polar surface area (TPSA) is 46.3 Å². The Morgan fingerprint density at radius 3 is 3.06 bits per heavy atom. The van der Waals surface area contributed by atoms with Crippen molar-refractivity contribution in [2.24, 2.45) is 11.7 Å². The lowest BCUT2D eigenvalue weighted by Crippen LogP contribution is -2.48. The van der Waals surface area contributed by atoms with Gasteiger partial charge >= 0.3 is 0 Å². The number of hydrogen-bond acceptors (Lipinski definition) is 3. The molecular weight excluding hydrogens is 347 g/mol. The number of nitrogens with two attached hydrogens (primary N) is 1. The van der Waals surface area contributed by atoms with Crippen molar-refractivity contribution in [1.82, 2.24) is 4.90 Å². The number of rotatable bonds is 2. The molecule has 0 bridgehead atoms. The number of likely N-dealkylation sites (tertiary alicyclic amines) is 1. The lowest BCUT2D eigenvalue weighted by molar-refractivity contribution is 0.0649. The van der Waals surface area contributed by atoms with Crippen LogP contribution in [0.4, 0.5) is 0 Å². The second kappa shape index (κ2) is 5.67. The normalized spacial score (nSPS) is 25.0. The van der Waals surface area contributed by atoms with Crippen LogP contribution in [0.25, 0.3) is 0 Å². The molecule has 17 heavy (non-hydrogen) atoms. The molecule has 5 heteroatoms. The minimum Gasteiger partial charge on any atom is -0.338 e. The van der Waals surface area contributed by atoms with Crippen molar-refractivity contribution in [3.63, 3.8) is 0 Å². The SMILES string of the molecule is CCC1CN(C(=O)c2csc(I)c2)CCC1N. The standard InChI is InChI=1S/C12H17IN2OS/c1-2-8-6-15(4-3-10(8)14)12(16)9-5-11(13)17-7-9/h5,7-8,10H,2-4,6,14H2,1H3. The molecule has 2 heterocycles. The summed E-state index contributed by atoms with van der Waals surface area (Å²) in [6.07, 6.45) is 1.97. The summed E-state index contributed by atoms with van der Waals surface area (Å²) in [5, 5.41) is 1.94. The van der Waals surface area contributed by atoms with E-state index in [1.807, 2.05) is 16.3 Å². The van der Waals surface area contributed by atoms with Crippen LogP contribution in [0.3, 0.4) is 0 Å². The highest BCUT2D eigenvalue weighted by Crippen LogP contribution is 2.23. The molecule has 1 aromatic rings. The van der Waals surface area contributed by atoms with Crippen molar-refractivity contribution in [3.05, 3.63) is 19.9 Å². The summed E-state index contributed by atoms with van der Waals surface area (Å²) in [6.45, 7) is 3.75. The maximum atomic E-state index is 12.3. The van der Waals surface area contributed by atoms with Gasteiger partial charge in [-0.15, -0.1) is 11.3 Å². The molecule has 1 aliphatic rings. The van der Waals surface area contributed by atoms with E-state index in [-0.39, 0.29) is 11.9 Å². The fourth-order valence-corrected chi connectivity index (χ4v) is 3.59. The third kappa shape index (κ3) is 3.00. The zero-order chi connectivity index (χ0) is 12.4. The molecule has 0 aromatic carbocycles. The van der Waals surface area contributed by atoms with Crippen LogP contribution in [0.5, 0.6) is 0 Å². The van der Waals surface area contributed by atoms with Gasteiger partial charge in [0, 0.05) is 24.5 Å². The number of hydrogen-bond donors (Lipinski definition) is 1. The highest BCUT2D eigenvalue weighted by Gasteiger charge is 2.28. The van der Waals surface area contributed by atoms with E-state index in [1.54, 1.807) is 11.3 Å². The van der Waals surface area contributed by atoms with Crippen LogP contribution in [0.2, 0.25) is 0 Å². The Balaban J connectivity index is 2.05. The van der Waals surface area contributed by atoms with Crippen LogP contribution in [0.1, 0.15) is 30.1 Å². The molecule has 0 saturated carbocycles. The van der Waals surface area contributed by atoms with Crippen LogP contribution in [0.15, 0.2) is 11.4 Å². The molecule has 2 atom stereocenters. The van der Waals surface area contributed by atoms with Gasteiger partial charge in [-0.05, 0) is 41.0 Å². The molecule has 94 valence electrons. The first-order valence-electron chi connectivity index (χ1n) is 5.90. The van der Waals surface area contributed by atoms with Crippen molar-refractivity contribution in [2.75, 3.05) is 13.1 Å². The minimum atomic E-state index is 0.162. The molecule has 2 N–H and O–H groups in total. The summed E-state index contributed by atoms with van der Waals surface area (Å²) in [4.78, 5) is 14.2. The molecule has 1 aromatic heterocycles. The molecule has 0 radical (unpaired) electrons. The summed E-state index contributed by atoms with van der Waals surface area (Å²) < 4.78 is 1.16. The van der Waals surface area contributed by atoms with Gasteiger partial charge in [-0.2, -0.15) is 0 Å². The van der Waals surface area contributed by atoms with Gasteiger partial charge in [0.2, 0.25) is 0 Å². The number of halogens is 1. The third-order valence-corrected chi connectivity index (χ3v) is 5.21. The predicted octanol–water partition coefficient (Wildman–Crippen LogP) is 2.55. The van der Waals surface area contributed by atoms with Gasteiger partial charge < -0.3 is 10.6 Å². The summed E-state index contributed by atoms with van der Waals surface area (Å²) in [7, 11) is 0. The zero-order valence-corrected chi connectivity index (χ0v) is 12.8. The maximum absolute atomic E-state index is 12.3. The van der Waals surface area contributed by atoms with Crippen LogP contribution in [-0.4, -0.2) is 29.9 Å². The van der Waals surface area contributed by atoms with Crippen LogP contribution in [0, 0.1) is 8.80 Å². The summed E-state index contributed by atoms with van der Waals surface area (Å²) in [6, 6.07) is 2.22. The van der Waals surface area contributed by atoms with E-state index >= 15 is 0 Å². The van der Waals surface area contributed by atoms with Crippen LogP contribution < -0.4 is 5.73 Å². The number of piperidine rings is 1. The Morgan fingerprint density at radius 1 is 1.71 bits per heavy atom. The molecule has 0 aliphatic carbocycles. The number of carbonyl (C=O) groups is 1. The second-order valence-electron chi connectivity index (χ2n) is 4.51. The Hall–Kier alpha value is -0.140. The molecular formula is C12H17IN2OS. The summed E-state index contributed by atoms with van der Waals surface area (Å²) >= 11 is 3.87. The molecule has 2 rings (SSSR count). The fraction of sp³-hybridized carbons (Fsp3) is 0.583. The van der Waals surface area contributed by atoms with E-state index in [4.69, 9.17) is 5.73 Å². The average molecular weight is 364 g/mol.